The molecule has 2 aromatic rings. The maximum Gasteiger partial charge on any atom is 0.193 e. The summed E-state index contributed by atoms with van der Waals surface area (Å²) in [6.07, 6.45) is -2.43. The minimum Gasteiger partial charge on any atom is -0.414 e. The summed E-state index contributed by atoms with van der Waals surface area (Å²) in [5.74, 6) is 0. The predicted molar refractivity (Wildman–Crippen MR) is 147 cm³/mol. The van der Waals surface area contributed by atoms with Gasteiger partial charge in [-0.1, -0.05) is 96.1 Å². The molecule has 0 aliphatic rings. The first-order valence-corrected chi connectivity index (χ1v) is 18.1. The first kappa shape index (κ1) is 28.9. The molecule has 0 aliphatic carbocycles. The molecule has 2 aromatic carbocycles. The Morgan fingerprint density at radius 1 is 0.676 bits per heavy atom. The number of aliphatic hydroxyl groups excluding tert-OH is 2. The van der Waals surface area contributed by atoms with Gasteiger partial charge in [-0.05, 0) is 53.0 Å². The second-order valence-corrected chi connectivity index (χ2v) is 21.9. The van der Waals surface area contributed by atoms with E-state index >= 15 is 0 Å². The normalized spacial score (nSPS) is 16.2. The summed E-state index contributed by atoms with van der Waals surface area (Å²) in [6, 6.07) is 17.1. The van der Waals surface area contributed by atoms with Crippen LogP contribution in [0.2, 0.25) is 36.3 Å². The molecule has 2 rings (SSSR count). The standard InChI is InChI=1S/C28H46O4Si2/c1-27(2,3)33(7,8)31-20-24(32-34(9,10)28(4,5)6)22-18-14-15-19-23(22)26(30)25(29)21-16-12-11-13-17-21/h11-19,24-26,29-30H,20H2,1-10H3/t24-,25?,26+/m0/s1. The maximum absolute atomic E-state index is 11.3. The molecule has 0 aliphatic heterocycles. The maximum atomic E-state index is 11.3. The van der Waals surface area contributed by atoms with Crippen molar-refractivity contribution in [3.63, 3.8) is 0 Å². The zero-order valence-corrected chi connectivity index (χ0v) is 24.8. The van der Waals surface area contributed by atoms with Crippen molar-refractivity contribution in [3.05, 3.63) is 71.3 Å². The van der Waals surface area contributed by atoms with E-state index in [9.17, 15) is 10.2 Å². The van der Waals surface area contributed by atoms with Gasteiger partial charge in [-0.15, -0.1) is 0 Å². The van der Waals surface area contributed by atoms with E-state index in [0.29, 0.717) is 17.7 Å². The van der Waals surface area contributed by atoms with Gasteiger partial charge in [0.25, 0.3) is 0 Å². The minimum absolute atomic E-state index is 0.0271. The Hall–Kier alpha value is -1.29. The molecule has 0 fully saturated rings. The van der Waals surface area contributed by atoms with E-state index in [0.717, 1.165) is 5.56 Å². The van der Waals surface area contributed by atoms with E-state index in [4.69, 9.17) is 8.85 Å². The van der Waals surface area contributed by atoms with E-state index in [1.807, 2.05) is 54.6 Å². The van der Waals surface area contributed by atoms with E-state index in [1.165, 1.54) is 0 Å². The summed E-state index contributed by atoms with van der Waals surface area (Å²) in [7, 11) is -4.17. The SMILES string of the molecule is CC(C)(C)[Si](C)(C)OC[C@H](O[Si](C)(C)C(C)(C)C)c1ccccc1[C@@H](O)C(O)c1ccccc1. The monoisotopic (exact) mass is 502 g/mol. The lowest BCUT2D eigenvalue weighted by molar-refractivity contribution is 0.0144. The van der Waals surface area contributed by atoms with Crippen LogP contribution in [0.3, 0.4) is 0 Å². The van der Waals surface area contributed by atoms with Gasteiger partial charge in [0, 0.05) is 0 Å². The van der Waals surface area contributed by atoms with E-state index < -0.39 is 28.8 Å². The first-order valence-electron chi connectivity index (χ1n) is 12.3. The van der Waals surface area contributed by atoms with Gasteiger partial charge < -0.3 is 19.1 Å². The molecular formula is C28H46O4Si2. The van der Waals surface area contributed by atoms with Crippen molar-refractivity contribution in [1.29, 1.82) is 0 Å². The van der Waals surface area contributed by atoms with Gasteiger partial charge in [-0.3, -0.25) is 0 Å². The highest BCUT2D eigenvalue weighted by Gasteiger charge is 2.42. The largest absolute Gasteiger partial charge is 0.414 e. The van der Waals surface area contributed by atoms with Gasteiger partial charge in [0.2, 0.25) is 0 Å². The second kappa shape index (κ2) is 10.8. The van der Waals surface area contributed by atoms with Crippen molar-refractivity contribution >= 4 is 16.6 Å². The topological polar surface area (TPSA) is 58.9 Å². The third kappa shape index (κ3) is 6.89. The number of benzene rings is 2. The quantitative estimate of drug-likeness (QED) is 0.348. The zero-order chi connectivity index (χ0) is 25.9. The average molecular weight is 503 g/mol. The fraction of sp³-hybridized carbons (Fsp3) is 0.571. The van der Waals surface area contributed by atoms with E-state index in [-0.39, 0.29) is 16.2 Å². The molecule has 0 saturated carbocycles. The lowest BCUT2D eigenvalue weighted by Gasteiger charge is -2.42. The Kier molecular flexibility index (Phi) is 9.17. The molecule has 0 heterocycles. The van der Waals surface area contributed by atoms with Crippen molar-refractivity contribution < 1.29 is 19.1 Å². The van der Waals surface area contributed by atoms with Crippen molar-refractivity contribution in [1.82, 2.24) is 0 Å². The molecular weight excluding hydrogens is 456 g/mol. The number of rotatable bonds is 9. The van der Waals surface area contributed by atoms with E-state index in [1.54, 1.807) is 0 Å². The van der Waals surface area contributed by atoms with Crippen LogP contribution in [0.15, 0.2) is 54.6 Å². The molecule has 2 N–H and O–H groups in total. The number of aliphatic hydroxyl groups is 2. The Labute approximate surface area is 209 Å². The average Bonchev–Trinajstić information content (AvgIpc) is 2.74. The second-order valence-electron chi connectivity index (χ2n) is 12.4. The molecule has 1 unspecified atom stereocenters. The first-order chi connectivity index (χ1) is 15.5. The van der Waals surface area contributed by atoms with Crippen molar-refractivity contribution in [3.8, 4) is 0 Å². The summed E-state index contributed by atoms with van der Waals surface area (Å²) >= 11 is 0. The van der Waals surface area contributed by atoms with Gasteiger partial charge in [0.15, 0.2) is 16.6 Å². The van der Waals surface area contributed by atoms with Crippen LogP contribution in [0, 0.1) is 0 Å². The minimum atomic E-state index is -2.15. The van der Waals surface area contributed by atoms with Crippen LogP contribution in [0.5, 0.6) is 0 Å². The molecule has 4 nitrogen and oxygen atoms in total. The van der Waals surface area contributed by atoms with Crippen molar-refractivity contribution in [2.45, 2.75) is 96.1 Å². The summed E-state index contributed by atoms with van der Waals surface area (Å²) in [5.41, 5.74) is 2.25. The van der Waals surface area contributed by atoms with Crippen molar-refractivity contribution in [2.75, 3.05) is 6.61 Å². The van der Waals surface area contributed by atoms with Crippen molar-refractivity contribution in [2.24, 2.45) is 0 Å². The third-order valence-electron chi connectivity index (χ3n) is 7.75. The van der Waals surface area contributed by atoms with Crippen LogP contribution >= 0.6 is 0 Å². The summed E-state index contributed by atoms with van der Waals surface area (Å²) < 4.78 is 13.6. The molecule has 0 bridgehead atoms. The Morgan fingerprint density at radius 3 is 1.65 bits per heavy atom. The van der Waals surface area contributed by atoms with Crippen LogP contribution in [0.25, 0.3) is 0 Å². The summed E-state index contributed by atoms with van der Waals surface area (Å²) in [5, 5.41) is 22.3. The molecule has 190 valence electrons. The predicted octanol–water partition coefficient (Wildman–Crippen LogP) is 7.54. The van der Waals surface area contributed by atoms with Gasteiger partial charge in [0.1, 0.15) is 12.2 Å². The highest BCUT2D eigenvalue weighted by molar-refractivity contribution is 6.74. The zero-order valence-electron chi connectivity index (χ0n) is 22.8. The fourth-order valence-electron chi connectivity index (χ4n) is 3.30. The van der Waals surface area contributed by atoms with Crippen LogP contribution in [-0.4, -0.2) is 33.5 Å². The molecule has 6 heteroatoms. The molecule has 0 radical (unpaired) electrons. The highest BCUT2D eigenvalue weighted by Crippen LogP contribution is 2.43. The molecule has 3 atom stereocenters. The lowest BCUT2D eigenvalue weighted by atomic mass is 9.92. The van der Waals surface area contributed by atoms with Gasteiger partial charge in [0.05, 0.1) is 12.7 Å². The lowest BCUT2D eigenvalue weighted by Crippen LogP contribution is -2.45. The smallest absolute Gasteiger partial charge is 0.193 e. The molecule has 34 heavy (non-hydrogen) atoms. The highest BCUT2D eigenvalue weighted by atomic mass is 28.4. The van der Waals surface area contributed by atoms with Gasteiger partial charge in [-0.2, -0.15) is 0 Å². The van der Waals surface area contributed by atoms with Crippen LogP contribution in [0.4, 0.5) is 0 Å². The number of hydrogen-bond donors (Lipinski definition) is 2. The summed E-state index contributed by atoms with van der Waals surface area (Å²) in [6.45, 7) is 22.8. The Bertz CT molecular complexity index is 914. The van der Waals surface area contributed by atoms with Gasteiger partial charge >= 0.3 is 0 Å². The van der Waals surface area contributed by atoms with Crippen LogP contribution in [-0.2, 0) is 8.85 Å². The number of hydrogen-bond acceptors (Lipinski definition) is 4. The van der Waals surface area contributed by atoms with Gasteiger partial charge in [-0.25, -0.2) is 0 Å². The molecule has 0 spiro atoms. The van der Waals surface area contributed by atoms with Crippen LogP contribution < -0.4 is 0 Å². The Morgan fingerprint density at radius 2 is 1.15 bits per heavy atom. The fourth-order valence-corrected chi connectivity index (χ4v) is 5.56. The third-order valence-corrected chi connectivity index (χ3v) is 16.7. The molecule has 0 amide bonds. The summed E-state index contributed by atoms with van der Waals surface area (Å²) in [4.78, 5) is 0. The Balaban J connectivity index is 2.48. The van der Waals surface area contributed by atoms with E-state index in [2.05, 4.69) is 67.7 Å². The molecule has 0 saturated heterocycles. The molecule has 0 aromatic heterocycles. The van der Waals surface area contributed by atoms with Crippen LogP contribution in [0.1, 0.15) is 76.5 Å².